The van der Waals surface area contributed by atoms with E-state index in [1.807, 2.05) is 6.92 Å². The minimum absolute atomic E-state index is 0.0244. The zero-order valence-electron chi connectivity index (χ0n) is 22.8. The third kappa shape index (κ3) is 7.82. The molecule has 0 aliphatic heterocycles. The summed E-state index contributed by atoms with van der Waals surface area (Å²) in [7, 11) is -4.22. The number of nitrogens with one attached hydrogen (secondary N) is 1. The second-order valence-electron chi connectivity index (χ2n) is 9.34. The smallest absolute Gasteiger partial charge is 0.264 e. The molecule has 2 amide bonds. The molecule has 0 fully saturated rings. The van der Waals surface area contributed by atoms with E-state index in [1.54, 1.807) is 56.3 Å². The molecule has 0 bridgehead atoms. The number of hydrogen-bond donors (Lipinski definition) is 1. The van der Waals surface area contributed by atoms with Gasteiger partial charge in [-0.05, 0) is 82.3 Å². The second-order valence-corrected chi connectivity index (χ2v) is 12.1. The average Bonchev–Trinajstić information content (AvgIpc) is 2.91. The van der Waals surface area contributed by atoms with Crippen LogP contribution in [0.25, 0.3) is 0 Å². The number of sulfonamides is 1. The molecule has 0 saturated heterocycles. The van der Waals surface area contributed by atoms with E-state index in [0.29, 0.717) is 16.8 Å². The summed E-state index contributed by atoms with van der Waals surface area (Å²) < 4.78 is 49.4. The van der Waals surface area contributed by atoms with Crippen molar-refractivity contribution in [2.45, 2.75) is 51.2 Å². The van der Waals surface area contributed by atoms with E-state index in [9.17, 15) is 22.4 Å². The molecule has 1 N–H and O–H groups in total. The molecule has 0 aliphatic carbocycles. The first-order valence-electron chi connectivity index (χ1n) is 12.8. The van der Waals surface area contributed by atoms with Gasteiger partial charge in [0.05, 0.1) is 17.2 Å². The summed E-state index contributed by atoms with van der Waals surface area (Å²) in [6.45, 7) is 6.50. The third-order valence-corrected chi connectivity index (χ3v) is 8.33. The standard InChI is InChI=1S/C29H33BrFN3O5S/c1-5-39-25-14-12-24(13-15-25)34(40(37,38)26-16-10-23(30)11-17-26)19-28(35)33(21(4)29(36)32-20(2)3)18-22-8-6-7-9-27(22)31/h6-17,20-21H,5,18-19H2,1-4H3,(H,32,36). The van der Waals surface area contributed by atoms with Gasteiger partial charge in [-0.15, -0.1) is 0 Å². The number of hydrogen-bond acceptors (Lipinski definition) is 5. The summed E-state index contributed by atoms with van der Waals surface area (Å²) in [6, 6.07) is 17.1. The van der Waals surface area contributed by atoms with Crippen LogP contribution in [0.2, 0.25) is 0 Å². The molecule has 11 heteroatoms. The minimum Gasteiger partial charge on any atom is -0.494 e. The van der Waals surface area contributed by atoms with E-state index in [2.05, 4.69) is 21.2 Å². The number of amides is 2. The Hall–Kier alpha value is -3.44. The maximum atomic E-state index is 14.6. The van der Waals surface area contributed by atoms with Crippen molar-refractivity contribution in [2.24, 2.45) is 0 Å². The lowest BCUT2D eigenvalue weighted by molar-refractivity contribution is -0.139. The van der Waals surface area contributed by atoms with Crippen molar-refractivity contribution in [3.8, 4) is 5.75 Å². The number of halogens is 2. The van der Waals surface area contributed by atoms with Crippen LogP contribution >= 0.6 is 15.9 Å². The van der Waals surface area contributed by atoms with E-state index in [0.717, 1.165) is 4.31 Å². The lowest BCUT2D eigenvalue weighted by Crippen LogP contribution is -2.52. The Morgan fingerprint density at radius 2 is 1.60 bits per heavy atom. The predicted octanol–water partition coefficient (Wildman–Crippen LogP) is 5.12. The van der Waals surface area contributed by atoms with Gasteiger partial charge in [0.2, 0.25) is 11.8 Å². The number of ether oxygens (including phenoxy) is 1. The number of nitrogens with zero attached hydrogens (tertiary/aromatic N) is 2. The van der Waals surface area contributed by atoms with Crippen molar-refractivity contribution in [2.75, 3.05) is 17.5 Å². The maximum absolute atomic E-state index is 14.6. The molecule has 1 atom stereocenters. The van der Waals surface area contributed by atoms with Crippen LogP contribution in [0.1, 0.15) is 33.3 Å². The summed E-state index contributed by atoms with van der Waals surface area (Å²) in [5.41, 5.74) is 0.424. The van der Waals surface area contributed by atoms with E-state index >= 15 is 0 Å². The molecular formula is C29H33BrFN3O5S. The number of carbonyl (C=O) groups is 2. The molecular weight excluding hydrogens is 601 g/mol. The third-order valence-electron chi connectivity index (χ3n) is 6.01. The summed E-state index contributed by atoms with van der Waals surface area (Å²) in [5.74, 6) is -1.12. The molecule has 0 radical (unpaired) electrons. The molecule has 1 unspecified atom stereocenters. The van der Waals surface area contributed by atoms with Gasteiger partial charge in [0, 0.05) is 22.6 Å². The van der Waals surface area contributed by atoms with Crippen LogP contribution in [0.15, 0.2) is 82.2 Å². The Morgan fingerprint density at radius 3 is 2.17 bits per heavy atom. The highest BCUT2D eigenvalue weighted by atomic mass is 79.9. The van der Waals surface area contributed by atoms with E-state index in [1.165, 1.54) is 42.2 Å². The Bertz CT molecular complexity index is 1420. The number of anilines is 1. The molecule has 214 valence electrons. The fourth-order valence-corrected chi connectivity index (χ4v) is 5.61. The van der Waals surface area contributed by atoms with Crippen LogP contribution in [0.4, 0.5) is 10.1 Å². The Morgan fingerprint density at radius 1 is 0.975 bits per heavy atom. The van der Waals surface area contributed by atoms with E-state index in [4.69, 9.17) is 4.74 Å². The van der Waals surface area contributed by atoms with Crippen LogP contribution in [0, 0.1) is 5.82 Å². The molecule has 3 aromatic carbocycles. The van der Waals surface area contributed by atoms with E-state index < -0.39 is 40.2 Å². The monoisotopic (exact) mass is 633 g/mol. The fraction of sp³-hybridized carbons (Fsp3) is 0.310. The first-order chi connectivity index (χ1) is 18.9. The summed E-state index contributed by atoms with van der Waals surface area (Å²) >= 11 is 3.31. The normalized spacial score (nSPS) is 12.1. The van der Waals surface area contributed by atoms with Gasteiger partial charge < -0.3 is 15.0 Å². The molecule has 8 nitrogen and oxygen atoms in total. The van der Waals surface area contributed by atoms with Gasteiger partial charge in [0.25, 0.3) is 10.0 Å². The summed E-state index contributed by atoms with van der Waals surface area (Å²) in [4.78, 5) is 28.0. The van der Waals surface area contributed by atoms with Gasteiger partial charge in [0.15, 0.2) is 0 Å². The van der Waals surface area contributed by atoms with Crippen molar-refractivity contribution in [3.63, 3.8) is 0 Å². The van der Waals surface area contributed by atoms with Crippen LogP contribution in [-0.2, 0) is 26.2 Å². The maximum Gasteiger partial charge on any atom is 0.264 e. The Kier molecular flexibility index (Phi) is 10.7. The van der Waals surface area contributed by atoms with Crippen LogP contribution in [0.5, 0.6) is 5.75 Å². The van der Waals surface area contributed by atoms with Crippen molar-refractivity contribution in [1.29, 1.82) is 0 Å². The first-order valence-corrected chi connectivity index (χ1v) is 15.0. The van der Waals surface area contributed by atoms with Gasteiger partial charge >= 0.3 is 0 Å². The molecule has 3 aromatic rings. The second kappa shape index (κ2) is 13.8. The number of carbonyl (C=O) groups excluding carboxylic acids is 2. The van der Waals surface area contributed by atoms with Crippen molar-refractivity contribution in [3.05, 3.63) is 88.6 Å². The van der Waals surface area contributed by atoms with Crippen molar-refractivity contribution >= 4 is 43.5 Å². The van der Waals surface area contributed by atoms with Gasteiger partial charge in [0.1, 0.15) is 24.2 Å². The molecule has 0 aromatic heterocycles. The summed E-state index contributed by atoms with van der Waals surface area (Å²) in [5, 5.41) is 2.77. The molecule has 0 aliphatic rings. The van der Waals surface area contributed by atoms with Crippen LogP contribution in [-0.4, -0.2) is 50.4 Å². The lowest BCUT2D eigenvalue weighted by atomic mass is 10.1. The Balaban J connectivity index is 2.04. The topological polar surface area (TPSA) is 96.0 Å². The highest BCUT2D eigenvalue weighted by molar-refractivity contribution is 9.10. The van der Waals surface area contributed by atoms with Gasteiger partial charge in [-0.1, -0.05) is 34.1 Å². The minimum atomic E-state index is -4.22. The highest BCUT2D eigenvalue weighted by Crippen LogP contribution is 2.27. The zero-order valence-corrected chi connectivity index (χ0v) is 25.2. The largest absolute Gasteiger partial charge is 0.494 e. The molecule has 40 heavy (non-hydrogen) atoms. The molecule has 0 saturated carbocycles. The molecule has 3 rings (SSSR count). The molecule has 0 heterocycles. The van der Waals surface area contributed by atoms with E-state index in [-0.39, 0.29) is 28.7 Å². The van der Waals surface area contributed by atoms with Crippen molar-refractivity contribution < 1.29 is 27.1 Å². The Labute approximate surface area is 243 Å². The average molecular weight is 635 g/mol. The number of rotatable bonds is 12. The highest BCUT2D eigenvalue weighted by Gasteiger charge is 2.33. The quantitative estimate of drug-likeness (QED) is 0.299. The zero-order chi connectivity index (χ0) is 29.4. The summed E-state index contributed by atoms with van der Waals surface area (Å²) in [6.07, 6.45) is 0. The van der Waals surface area contributed by atoms with Crippen LogP contribution < -0.4 is 14.4 Å². The fourth-order valence-electron chi connectivity index (χ4n) is 3.94. The SMILES string of the molecule is CCOc1ccc(N(CC(=O)N(Cc2ccccc2F)C(C)C(=O)NC(C)C)S(=O)(=O)c2ccc(Br)cc2)cc1. The van der Waals surface area contributed by atoms with Gasteiger partial charge in [-0.2, -0.15) is 0 Å². The van der Waals surface area contributed by atoms with Crippen LogP contribution in [0.3, 0.4) is 0 Å². The lowest BCUT2D eigenvalue weighted by Gasteiger charge is -2.32. The van der Waals surface area contributed by atoms with Gasteiger partial charge in [-0.25, -0.2) is 12.8 Å². The first kappa shape index (κ1) is 31.1. The molecule has 0 spiro atoms. The van der Waals surface area contributed by atoms with Gasteiger partial charge in [-0.3, -0.25) is 13.9 Å². The van der Waals surface area contributed by atoms with Crippen molar-refractivity contribution in [1.82, 2.24) is 10.2 Å². The number of benzene rings is 3. The predicted molar refractivity (Wildman–Crippen MR) is 156 cm³/mol.